The number of esters is 1. The van der Waals surface area contributed by atoms with Gasteiger partial charge in [-0.1, -0.05) is 6.07 Å². The first-order chi connectivity index (χ1) is 8.62. The lowest BCUT2D eigenvalue weighted by Gasteiger charge is -2.10. The average molecular weight is 251 g/mol. The second kappa shape index (κ2) is 6.39. The number of carbonyl (C=O) groups excluding carboxylic acids is 1. The van der Waals surface area contributed by atoms with Gasteiger partial charge in [-0.25, -0.2) is 4.79 Å². The van der Waals surface area contributed by atoms with E-state index in [1.54, 1.807) is 19.1 Å². The molecule has 0 bridgehead atoms. The van der Waals surface area contributed by atoms with Gasteiger partial charge in [0.25, 0.3) is 0 Å². The summed E-state index contributed by atoms with van der Waals surface area (Å²) in [4.78, 5) is 21.8. The highest BCUT2D eigenvalue weighted by molar-refractivity contribution is 5.86. The molecule has 0 spiro atoms. The molecule has 0 N–H and O–H groups in total. The predicted molar refractivity (Wildman–Crippen MR) is 64.4 cm³/mol. The van der Waals surface area contributed by atoms with Crippen molar-refractivity contribution in [3.05, 3.63) is 40.7 Å². The molecule has 1 aromatic rings. The van der Waals surface area contributed by atoms with Gasteiger partial charge in [-0.15, -0.1) is 4.91 Å². The zero-order valence-corrected chi connectivity index (χ0v) is 10.3. The van der Waals surface area contributed by atoms with E-state index in [2.05, 4.69) is 9.91 Å². The molecule has 0 unspecified atom stereocenters. The summed E-state index contributed by atoms with van der Waals surface area (Å²) in [6, 6.07) is 4.63. The van der Waals surface area contributed by atoms with Crippen LogP contribution in [0, 0.1) is 11.8 Å². The fraction of sp³-hybridized carbons (Fsp3) is 0.250. The summed E-state index contributed by atoms with van der Waals surface area (Å²) in [7, 11) is 2.61. The summed E-state index contributed by atoms with van der Waals surface area (Å²) in [5.41, 5.74) is 0.950. The number of hydrogen-bond acceptors (Lipinski definition) is 6. The van der Waals surface area contributed by atoms with Crippen LogP contribution >= 0.6 is 0 Å². The van der Waals surface area contributed by atoms with Crippen molar-refractivity contribution in [3.63, 3.8) is 0 Å². The molecule has 0 fully saturated rings. The predicted octanol–water partition coefficient (Wildman–Crippen LogP) is 2.43. The Bertz CT molecular complexity index is 481. The van der Waals surface area contributed by atoms with Crippen LogP contribution in [-0.2, 0) is 14.3 Å². The molecule has 0 aliphatic carbocycles. The molecule has 0 saturated heterocycles. The number of nitrogens with zero attached hydrogens (tertiary/aromatic N) is 1. The molecule has 0 heterocycles. The highest BCUT2D eigenvalue weighted by Gasteiger charge is 2.14. The minimum Gasteiger partial charge on any atom is -0.500 e. The molecule has 0 amide bonds. The Morgan fingerprint density at radius 1 is 1.33 bits per heavy atom. The molecule has 6 nitrogen and oxygen atoms in total. The molecule has 6 heteroatoms. The highest BCUT2D eigenvalue weighted by atomic mass is 16.6. The molecule has 1 aromatic carbocycles. The first kappa shape index (κ1) is 13.7. The first-order valence-corrected chi connectivity index (χ1v) is 5.05. The Kier molecular flexibility index (Phi) is 4.86. The van der Waals surface area contributed by atoms with Crippen LogP contribution in [0.15, 0.2) is 35.4 Å². The second-order valence-electron chi connectivity index (χ2n) is 3.35. The van der Waals surface area contributed by atoms with Gasteiger partial charge in [-0.05, 0) is 23.7 Å². The van der Waals surface area contributed by atoms with Gasteiger partial charge in [0.15, 0.2) is 0 Å². The largest absolute Gasteiger partial charge is 0.500 e. The van der Waals surface area contributed by atoms with Crippen molar-refractivity contribution in [2.45, 2.75) is 6.92 Å². The average Bonchev–Trinajstić information content (AvgIpc) is 2.39. The number of nitroso groups, excluding NO2 is 1. The third kappa shape index (κ3) is 3.31. The molecule has 18 heavy (non-hydrogen) atoms. The maximum Gasteiger partial charge on any atom is 0.377 e. The number of benzene rings is 1. The van der Waals surface area contributed by atoms with E-state index in [0.717, 1.165) is 11.8 Å². The van der Waals surface area contributed by atoms with Crippen LogP contribution in [0.2, 0.25) is 0 Å². The van der Waals surface area contributed by atoms with Crippen LogP contribution in [-0.4, -0.2) is 20.2 Å². The number of methoxy groups -OCH3 is 2. The fourth-order valence-corrected chi connectivity index (χ4v) is 1.20. The van der Waals surface area contributed by atoms with Gasteiger partial charge in [0, 0.05) is 6.07 Å². The lowest BCUT2D eigenvalue weighted by molar-refractivity contribution is -0.138. The van der Waals surface area contributed by atoms with Gasteiger partial charge < -0.3 is 14.2 Å². The van der Waals surface area contributed by atoms with Crippen molar-refractivity contribution >= 4 is 11.7 Å². The van der Waals surface area contributed by atoms with E-state index in [4.69, 9.17) is 9.47 Å². The summed E-state index contributed by atoms with van der Waals surface area (Å²) >= 11 is 0. The monoisotopic (exact) mass is 251 g/mol. The number of carbonyl (C=O) groups is 1. The van der Waals surface area contributed by atoms with Crippen LogP contribution in [0.4, 0.5) is 5.69 Å². The molecule has 0 saturated carbocycles. The minimum atomic E-state index is -0.680. The van der Waals surface area contributed by atoms with Crippen molar-refractivity contribution < 1.29 is 19.0 Å². The Labute approximate surface area is 104 Å². The van der Waals surface area contributed by atoms with Gasteiger partial charge in [0.05, 0.1) is 14.2 Å². The summed E-state index contributed by atoms with van der Waals surface area (Å²) < 4.78 is 14.6. The van der Waals surface area contributed by atoms with Crippen molar-refractivity contribution in [2.75, 3.05) is 14.2 Å². The smallest absolute Gasteiger partial charge is 0.377 e. The Morgan fingerprint density at radius 2 is 2.06 bits per heavy atom. The van der Waals surface area contributed by atoms with E-state index in [-0.39, 0.29) is 11.4 Å². The molecule has 0 aliphatic rings. The Hall–Kier alpha value is -2.37. The van der Waals surface area contributed by atoms with E-state index >= 15 is 0 Å². The van der Waals surface area contributed by atoms with Crippen LogP contribution in [0.5, 0.6) is 5.75 Å². The fourth-order valence-electron chi connectivity index (χ4n) is 1.20. The van der Waals surface area contributed by atoms with Crippen molar-refractivity contribution in [2.24, 2.45) is 5.18 Å². The van der Waals surface area contributed by atoms with Gasteiger partial charge >= 0.3 is 5.97 Å². The van der Waals surface area contributed by atoms with Gasteiger partial charge in [-0.3, -0.25) is 0 Å². The number of ether oxygens (including phenoxy) is 3. The van der Waals surface area contributed by atoms with Gasteiger partial charge in [0.1, 0.15) is 17.7 Å². The minimum absolute atomic E-state index is 0.119. The molecule has 0 radical (unpaired) electrons. The molecule has 0 aromatic heterocycles. The molecule has 1 rings (SSSR count). The molecule has 0 atom stereocenters. The first-order valence-electron chi connectivity index (χ1n) is 5.05. The van der Waals surface area contributed by atoms with Crippen LogP contribution in [0.3, 0.4) is 0 Å². The molecular weight excluding hydrogens is 238 g/mol. The van der Waals surface area contributed by atoms with Crippen LogP contribution < -0.4 is 4.74 Å². The molecule has 96 valence electrons. The van der Waals surface area contributed by atoms with Gasteiger partial charge in [-0.2, -0.15) is 0 Å². The number of rotatable bonds is 5. The normalized spacial score (nSPS) is 10.7. The summed E-state index contributed by atoms with van der Waals surface area (Å²) in [5.74, 6) is -0.465. The summed E-state index contributed by atoms with van der Waals surface area (Å²) in [6.45, 7) is 1.77. The van der Waals surface area contributed by atoms with E-state index < -0.39 is 5.97 Å². The van der Waals surface area contributed by atoms with Crippen molar-refractivity contribution in [1.29, 1.82) is 0 Å². The lowest BCUT2D eigenvalue weighted by Crippen LogP contribution is -2.11. The van der Waals surface area contributed by atoms with Gasteiger partial charge in [0.2, 0.25) is 5.76 Å². The van der Waals surface area contributed by atoms with E-state index in [1.807, 2.05) is 0 Å². The molecular formula is C12H13NO5. The highest BCUT2D eigenvalue weighted by Crippen LogP contribution is 2.26. The molecule has 0 aliphatic heterocycles. The maximum atomic E-state index is 11.4. The maximum absolute atomic E-state index is 11.4. The Morgan fingerprint density at radius 3 is 2.61 bits per heavy atom. The van der Waals surface area contributed by atoms with E-state index in [9.17, 15) is 9.70 Å². The van der Waals surface area contributed by atoms with Crippen LogP contribution in [0.25, 0.3) is 0 Å². The number of hydrogen-bond donors (Lipinski definition) is 0. The standard InChI is InChI=1S/C12H13NO5/c1-8-4-5-9(13-15)6-10(8)18-11(7-16-2)12(14)17-3/h4-7H,1-3H3/b11-7-. The zero-order valence-electron chi connectivity index (χ0n) is 10.3. The van der Waals surface area contributed by atoms with E-state index in [1.165, 1.54) is 20.3 Å². The zero-order chi connectivity index (χ0) is 13.5. The number of aryl methyl sites for hydroxylation is 1. The van der Waals surface area contributed by atoms with Crippen molar-refractivity contribution in [1.82, 2.24) is 0 Å². The topological polar surface area (TPSA) is 74.2 Å². The van der Waals surface area contributed by atoms with Crippen molar-refractivity contribution in [3.8, 4) is 5.75 Å². The third-order valence-corrected chi connectivity index (χ3v) is 2.11. The summed E-state index contributed by atoms with van der Waals surface area (Å²) in [6.07, 6.45) is 1.12. The Balaban J connectivity index is 3.03. The van der Waals surface area contributed by atoms with E-state index in [0.29, 0.717) is 5.75 Å². The summed E-state index contributed by atoms with van der Waals surface area (Å²) in [5, 5.41) is 2.79. The second-order valence-corrected chi connectivity index (χ2v) is 3.35. The third-order valence-electron chi connectivity index (χ3n) is 2.11. The lowest BCUT2D eigenvalue weighted by atomic mass is 10.2. The van der Waals surface area contributed by atoms with Crippen LogP contribution in [0.1, 0.15) is 5.56 Å². The quantitative estimate of drug-likeness (QED) is 0.348. The SMILES string of the molecule is CO/C=C(\Oc1cc(N=O)ccc1C)C(=O)OC.